The number of hydrogen-bond donors (Lipinski definition) is 1. The van der Waals surface area contributed by atoms with Crippen LogP contribution in [0.25, 0.3) is 0 Å². The summed E-state index contributed by atoms with van der Waals surface area (Å²) in [4.78, 5) is 0. The topological polar surface area (TPSA) is 12.0 Å². The van der Waals surface area contributed by atoms with E-state index in [1.54, 1.807) is 0 Å². The molecule has 0 spiro atoms. The van der Waals surface area contributed by atoms with Crippen molar-refractivity contribution in [2.75, 3.05) is 6.54 Å². The predicted molar refractivity (Wildman–Crippen MR) is 67.6 cm³/mol. The summed E-state index contributed by atoms with van der Waals surface area (Å²) in [6.45, 7) is 6.63. The number of rotatable bonds is 4. The Hall–Kier alpha value is -0.530. The fourth-order valence-corrected chi connectivity index (χ4v) is 1.85. The molecular formula is C13H20ClN. The van der Waals surface area contributed by atoms with Crippen LogP contribution in [0, 0.1) is 19.8 Å². The lowest BCUT2D eigenvalue weighted by molar-refractivity contribution is 0.635. The van der Waals surface area contributed by atoms with Crippen LogP contribution in [0.3, 0.4) is 0 Å². The monoisotopic (exact) mass is 225 g/mol. The van der Waals surface area contributed by atoms with Gasteiger partial charge in [0.2, 0.25) is 0 Å². The van der Waals surface area contributed by atoms with E-state index in [0.717, 1.165) is 12.5 Å². The molecule has 1 aliphatic carbocycles. The minimum absolute atomic E-state index is 0. The van der Waals surface area contributed by atoms with Gasteiger partial charge in [0.15, 0.2) is 0 Å². The number of halogens is 1. The van der Waals surface area contributed by atoms with Gasteiger partial charge in [-0.15, -0.1) is 12.4 Å². The Morgan fingerprint density at radius 3 is 2.33 bits per heavy atom. The summed E-state index contributed by atoms with van der Waals surface area (Å²) in [5.74, 6) is 0.972. The Morgan fingerprint density at radius 1 is 1.20 bits per heavy atom. The van der Waals surface area contributed by atoms with Gasteiger partial charge in [-0.1, -0.05) is 18.2 Å². The molecule has 0 aliphatic heterocycles. The van der Waals surface area contributed by atoms with E-state index >= 15 is 0 Å². The van der Waals surface area contributed by atoms with Crippen LogP contribution in [0.1, 0.15) is 29.5 Å². The second-order valence-corrected chi connectivity index (χ2v) is 4.44. The Bertz CT molecular complexity index is 298. The van der Waals surface area contributed by atoms with Crippen LogP contribution < -0.4 is 5.32 Å². The molecule has 0 unspecified atom stereocenters. The largest absolute Gasteiger partial charge is 0.312 e. The van der Waals surface area contributed by atoms with E-state index in [1.807, 2.05) is 0 Å². The molecule has 1 aromatic rings. The maximum absolute atomic E-state index is 3.55. The summed E-state index contributed by atoms with van der Waals surface area (Å²) in [6, 6.07) is 6.53. The SMILES string of the molecule is Cc1cccc(C)c1CNCC1CC1.Cl. The summed E-state index contributed by atoms with van der Waals surface area (Å²) >= 11 is 0. The van der Waals surface area contributed by atoms with Gasteiger partial charge in [0, 0.05) is 6.54 Å². The van der Waals surface area contributed by atoms with Crippen molar-refractivity contribution >= 4 is 12.4 Å². The zero-order valence-electron chi connectivity index (χ0n) is 9.55. The van der Waals surface area contributed by atoms with Crippen LogP contribution >= 0.6 is 12.4 Å². The highest BCUT2D eigenvalue weighted by molar-refractivity contribution is 5.85. The van der Waals surface area contributed by atoms with Crippen molar-refractivity contribution in [1.29, 1.82) is 0 Å². The molecule has 0 atom stereocenters. The van der Waals surface area contributed by atoms with Crippen molar-refractivity contribution in [2.24, 2.45) is 5.92 Å². The van der Waals surface area contributed by atoms with Crippen LogP contribution in [0.4, 0.5) is 0 Å². The third-order valence-corrected chi connectivity index (χ3v) is 3.08. The number of hydrogen-bond acceptors (Lipinski definition) is 1. The lowest BCUT2D eigenvalue weighted by atomic mass is 10.0. The first kappa shape index (κ1) is 12.5. The molecule has 84 valence electrons. The Kier molecular flexibility index (Phi) is 4.62. The summed E-state index contributed by atoms with van der Waals surface area (Å²) in [5, 5.41) is 3.55. The number of benzene rings is 1. The predicted octanol–water partition coefficient (Wildman–Crippen LogP) is 3.22. The molecule has 1 N–H and O–H groups in total. The van der Waals surface area contributed by atoms with E-state index in [1.165, 1.54) is 36.1 Å². The van der Waals surface area contributed by atoms with Gasteiger partial charge in [-0.05, 0) is 55.8 Å². The van der Waals surface area contributed by atoms with Crippen molar-refractivity contribution in [3.63, 3.8) is 0 Å². The smallest absolute Gasteiger partial charge is 0.0210 e. The lowest BCUT2D eigenvalue weighted by Gasteiger charge is -2.10. The van der Waals surface area contributed by atoms with E-state index in [0.29, 0.717) is 0 Å². The van der Waals surface area contributed by atoms with Crippen LogP contribution in [0.2, 0.25) is 0 Å². The van der Waals surface area contributed by atoms with Gasteiger partial charge in [-0.3, -0.25) is 0 Å². The van der Waals surface area contributed by atoms with Crippen molar-refractivity contribution in [1.82, 2.24) is 5.32 Å². The second-order valence-electron chi connectivity index (χ2n) is 4.44. The average Bonchev–Trinajstić information content (AvgIpc) is 2.94. The van der Waals surface area contributed by atoms with E-state index in [9.17, 15) is 0 Å². The molecule has 0 radical (unpaired) electrons. The normalized spacial score (nSPS) is 14.8. The molecule has 0 heterocycles. The number of aryl methyl sites for hydroxylation is 2. The zero-order chi connectivity index (χ0) is 9.97. The molecule has 2 rings (SSSR count). The first-order chi connectivity index (χ1) is 6.77. The van der Waals surface area contributed by atoms with Crippen LogP contribution in [-0.4, -0.2) is 6.54 Å². The molecule has 0 amide bonds. The molecule has 1 saturated carbocycles. The first-order valence-electron chi connectivity index (χ1n) is 5.53. The molecule has 0 bridgehead atoms. The standard InChI is InChI=1S/C13H19N.ClH/c1-10-4-3-5-11(2)13(10)9-14-8-12-6-7-12;/h3-5,12,14H,6-9H2,1-2H3;1H. The van der Waals surface area contributed by atoms with E-state index < -0.39 is 0 Å². The fraction of sp³-hybridized carbons (Fsp3) is 0.538. The van der Waals surface area contributed by atoms with E-state index in [4.69, 9.17) is 0 Å². The van der Waals surface area contributed by atoms with Crippen molar-refractivity contribution in [3.8, 4) is 0 Å². The fourth-order valence-electron chi connectivity index (χ4n) is 1.85. The molecule has 1 aromatic carbocycles. The van der Waals surface area contributed by atoms with Crippen LogP contribution in [0.15, 0.2) is 18.2 Å². The van der Waals surface area contributed by atoms with Crippen molar-refractivity contribution < 1.29 is 0 Å². The third kappa shape index (κ3) is 3.51. The summed E-state index contributed by atoms with van der Waals surface area (Å²) in [5.41, 5.74) is 4.30. The van der Waals surface area contributed by atoms with Crippen molar-refractivity contribution in [2.45, 2.75) is 33.2 Å². The third-order valence-electron chi connectivity index (χ3n) is 3.08. The Balaban J connectivity index is 0.00000112. The molecule has 2 heteroatoms. The molecule has 15 heavy (non-hydrogen) atoms. The minimum atomic E-state index is 0. The van der Waals surface area contributed by atoms with E-state index in [-0.39, 0.29) is 12.4 Å². The highest BCUT2D eigenvalue weighted by atomic mass is 35.5. The van der Waals surface area contributed by atoms with Crippen LogP contribution in [-0.2, 0) is 6.54 Å². The zero-order valence-corrected chi connectivity index (χ0v) is 10.4. The highest BCUT2D eigenvalue weighted by Gasteiger charge is 2.20. The summed E-state index contributed by atoms with van der Waals surface area (Å²) in [6.07, 6.45) is 2.86. The second kappa shape index (κ2) is 5.53. The van der Waals surface area contributed by atoms with Gasteiger partial charge in [0.1, 0.15) is 0 Å². The molecular weight excluding hydrogens is 206 g/mol. The first-order valence-corrected chi connectivity index (χ1v) is 5.53. The molecule has 1 nitrogen and oxygen atoms in total. The minimum Gasteiger partial charge on any atom is -0.312 e. The maximum Gasteiger partial charge on any atom is 0.0210 e. The molecule has 1 aliphatic rings. The van der Waals surface area contributed by atoms with Gasteiger partial charge < -0.3 is 5.32 Å². The number of nitrogens with one attached hydrogen (secondary N) is 1. The maximum atomic E-state index is 3.55. The Labute approximate surface area is 98.7 Å². The Morgan fingerprint density at radius 2 is 1.80 bits per heavy atom. The molecule has 1 fully saturated rings. The van der Waals surface area contributed by atoms with E-state index in [2.05, 4.69) is 37.4 Å². The van der Waals surface area contributed by atoms with Gasteiger partial charge in [0.05, 0.1) is 0 Å². The lowest BCUT2D eigenvalue weighted by Crippen LogP contribution is -2.17. The molecule has 0 saturated heterocycles. The summed E-state index contributed by atoms with van der Waals surface area (Å²) < 4.78 is 0. The average molecular weight is 226 g/mol. The quantitative estimate of drug-likeness (QED) is 0.830. The highest BCUT2D eigenvalue weighted by Crippen LogP contribution is 2.27. The van der Waals surface area contributed by atoms with Gasteiger partial charge >= 0.3 is 0 Å². The van der Waals surface area contributed by atoms with Crippen LogP contribution in [0.5, 0.6) is 0 Å². The van der Waals surface area contributed by atoms with Gasteiger partial charge in [-0.25, -0.2) is 0 Å². The molecule has 0 aromatic heterocycles. The van der Waals surface area contributed by atoms with Gasteiger partial charge in [0.25, 0.3) is 0 Å². The summed E-state index contributed by atoms with van der Waals surface area (Å²) in [7, 11) is 0. The van der Waals surface area contributed by atoms with Crippen molar-refractivity contribution in [3.05, 3.63) is 34.9 Å². The van der Waals surface area contributed by atoms with Gasteiger partial charge in [-0.2, -0.15) is 0 Å².